The van der Waals surface area contributed by atoms with Crippen molar-refractivity contribution in [1.29, 1.82) is 0 Å². The third kappa shape index (κ3) is 2.59. The predicted molar refractivity (Wildman–Crippen MR) is 73.5 cm³/mol. The smallest absolute Gasteiger partial charge is 0.341 e. The first-order valence-electron chi connectivity index (χ1n) is 6.02. The van der Waals surface area contributed by atoms with Gasteiger partial charge in [-0.15, -0.1) is 0 Å². The second-order valence-electron chi connectivity index (χ2n) is 4.55. The van der Waals surface area contributed by atoms with Crippen LogP contribution in [0, 0.1) is 6.92 Å². The zero-order valence-electron chi connectivity index (χ0n) is 11.3. The molecule has 0 radical (unpaired) electrons. The van der Waals surface area contributed by atoms with E-state index in [1.54, 1.807) is 18.7 Å². The highest BCUT2D eigenvalue weighted by atomic mass is 16.4. The molecule has 0 saturated heterocycles. The molecule has 0 atom stereocenters. The van der Waals surface area contributed by atoms with Crippen LogP contribution in [-0.2, 0) is 13.6 Å². The minimum Gasteiger partial charge on any atom is -0.477 e. The second-order valence-corrected chi connectivity index (χ2v) is 4.55. The van der Waals surface area contributed by atoms with Crippen molar-refractivity contribution in [3.05, 3.63) is 47.2 Å². The highest BCUT2D eigenvalue weighted by Gasteiger charge is 2.22. The van der Waals surface area contributed by atoms with Crippen LogP contribution in [0.25, 0.3) is 0 Å². The maximum absolute atomic E-state index is 11.3. The van der Waals surface area contributed by atoms with Crippen molar-refractivity contribution in [2.45, 2.75) is 13.5 Å². The zero-order chi connectivity index (χ0) is 14.0. The third-order valence-corrected chi connectivity index (χ3v) is 3.03. The van der Waals surface area contributed by atoms with Gasteiger partial charge in [0, 0.05) is 20.6 Å². The summed E-state index contributed by atoms with van der Waals surface area (Å²) >= 11 is 0. The number of benzene rings is 1. The van der Waals surface area contributed by atoms with Gasteiger partial charge in [-0.3, -0.25) is 4.68 Å². The van der Waals surface area contributed by atoms with Gasteiger partial charge < -0.3 is 10.0 Å². The maximum Gasteiger partial charge on any atom is 0.341 e. The molecule has 5 heteroatoms. The Bertz CT molecular complexity index is 590. The first-order valence-corrected chi connectivity index (χ1v) is 6.02. The third-order valence-electron chi connectivity index (χ3n) is 3.03. The predicted octanol–water partition coefficient (Wildman–Crippen LogP) is 2.06. The topological polar surface area (TPSA) is 58.4 Å². The summed E-state index contributed by atoms with van der Waals surface area (Å²) in [4.78, 5) is 13.2. The molecular weight excluding hydrogens is 242 g/mol. The van der Waals surface area contributed by atoms with Crippen molar-refractivity contribution >= 4 is 11.8 Å². The molecule has 19 heavy (non-hydrogen) atoms. The highest BCUT2D eigenvalue weighted by Crippen LogP contribution is 2.23. The summed E-state index contributed by atoms with van der Waals surface area (Å²) in [7, 11) is 3.63. The van der Waals surface area contributed by atoms with E-state index in [9.17, 15) is 9.90 Å². The standard InChI is InChI=1S/C14H17N3O2/c1-10-12(14(18)19)13(17(3)15-10)16(2)9-11-7-5-4-6-8-11/h4-8H,9H2,1-3H3,(H,18,19). The SMILES string of the molecule is Cc1nn(C)c(N(C)Cc2ccccc2)c1C(=O)O. The quantitative estimate of drug-likeness (QED) is 0.913. The Hall–Kier alpha value is -2.30. The average Bonchev–Trinajstić information content (AvgIpc) is 2.65. The Morgan fingerprint density at radius 3 is 2.58 bits per heavy atom. The summed E-state index contributed by atoms with van der Waals surface area (Å²) < 4.78 is 1.61. The van der Waals surface area contributed by atoms with Gasteiger partial charge in [0.15, 0.2) is 0 Å². The molecule has 2 rings (SSSR count). The van der Waals surface area contributed by atoms with Crippen molar-refractivity contribution in [2.24, 2.45) is 7.05 Å². The minimum atomic E-state index is -0.944. The van der Waals surface area contributed by atoms with E-state index in [0.29, 0.717) is 18.1 Å². The lowest BCUT2D eigenvalue weighted by atomic mass is 10.2. The Kier molecular flexibility index (Phi) is 3.55. The number of carboxylic acids is 1. The minimum absolute atomic E-state index is 0.265. The number of aryl methyl sites for hydroxylation is 2. The first kappa shape index (κ1) is 13.1. The molecule has 2 aromatic rings. The molecule has 100 valence electrons. The van der Waals surface area contributed by atoms with Gasteiger partial charge in [0.1, 0.15) is 11.4 Å². The van der Waals surface area contributed by atoms with E-state index in [2.05, 4.69) is 5.10 Å². The molecule has 0 fully saturated rings. The maximum atomic E-state index is 11.3. The fourth-order valence-electron chi connectivity index (χ4n) is 2.27. The van der Waals surface area contributed by atoms with Crippen LogP contribution in [0.3, 0.4) is 0 Å². The summed E-state index contributed by atoms with van der Waals surface area (Å²) in [5.74, 6) is -0.325. The van der Waals surface area contributed by atoms with Crippen LogP contribution in [0.5, 0.6) is 0 Å². The number of aromatic nitrogens is 2. The van der Waals surface area contributed by atoms with Crippen molar-refractivity contribution < 1.29 is 9.90 Å². The molecule has 0 unspecified atom stereocenters. The van der Waals surface area contributed by atoms with Crippen LogP contribution >= 0.6 is 0 Å². The average molecular weight is 259 g/mol. The molecule has 0 aliphatic heterocycles. The van der Waals surface area contributed by atoms with Gasteiger partial charge in [-0.2, -0.15) is 5.10 Å². The van der Waals surface area contributed by atoms with Gasteiger partial charge >= 0.3 is 5.97 Å². The lowest BCUT2D eigenvalue weighted by Crippen LogP contribution is -2.21. The van der Waals surface area contributed by atoms with E-state index in [4.69, 9.17) is 0 Å². The molecule has 0 saturated carbocycles. The van der Waals surface area contributed by atoms with Crippen molar-refractivity contribution in [3.8, 4) is 0 Å². The Morgan fingerprint density at radius 1 is 1.37 bits per heavy atom. The zero-order valence-corrected chi connectivity index (χ0v) is 11.3. The van der Waals surface area contributed by atoms with E-state index in [0.717, 1.165) is 5.56 Å². The van der Waals surface area contributed by atoms with Gasteiger partial charge in [0.2, 0.25) is 0 Å². The van der Waals surface area contributed by atoms with Crippen LogP contribution in [0.1, 0.15) is 21.6 Å². The summed E-state index contributed by atoms with van der Waals surface area (Å²) in [5, 5.41) is 13.5. The van der Waals surface area contributed by atoms with Gasteiger partial charge in [0.25, 0.3) is 0 Å². The van der Waals surface area contributed by atoms with Gasteiger partial charge in [-0.1, -0.05) is 30.3 Å². The summed E-state index contributed by atoms with van der Waals surface area (Å²) in [5.41, 5.74) is 1.92. The van der Waals surface area contributed by atoms with E-state index in [1.165, 1.54) is 0 Å². The van der Waals surface area contributed by atoms with Crippen LogP contribution in [0.2, 0.25) is 0 Å². The normalized spacial score (nSPS) is 10.5. The molecule has 0 spiro atoms. The lowest BCUT2D eigenvalue weighted by molar-refractivity contribution is 0.0696. The van der Waals surface area contributed by atoms with Crippen LogP contribution in [0.15, 0.2) is 30.3 Å². The summed E-state index contributed by atoms with van der Waals surface area (Å²) in [6.45, 7) is 2.35. The molecule has 1 N–H and O–H groups in total. The number of anilines is 1. The van der Waals surface area contributed by atoms with Crippen LogP contribution in [0.4, 0.5) is 5.82 Å². The number of rotatable bonds is 4. The second kappa shape index (κ2) is 5.14. The van der Waals surface area contributed by atoms with Crippen LogP contribution < -0.4 is 4.90 Å². The molecule has 0 bridgehead atoms. The number of carbonyl (C=O) groups is 1. The molecule has 0 aliphatic rings. The van der Waals surface area contributed by atoms with Crippen molar-refractivity contribution in [2.75, 3.05) is 11.9 Å². The van der Waals surface area contributed by atoms with E-state index < -0.39 is 5.97 Å². The van der Waals surface area contributed by atoms with Gasteiger partial charge in [-0.05, 0) is 12.5 Å². The molecule has 1 aromatic carbocycles. The van der Waals surface area contributed by atoms with E-state index in [-0.39, 0.29) is 5.56 Å². The van der Waals surface area contributed by atoms with Crippen LogP contribution in [-0.4, -0.2) is 27.9 Å². The van der Waals surface area contributed by atoms with Crippen molar-refractivity contribution in [3.63, 3.8) is 0 Å². The molecule has 0 amide bonds. The monoisotopic (exact) mass is 259 g/mol. The first-order chi connectivity index (χ1) is 9.00. The largest absolute Gasteiger partial charge is 0.477 e. The number of nitrogens with zero attached hydrogens (tertiary/aromatic N) is 3. The number of hydrogen-bond acceptors (Lipinski definition) is 3. The molecule has 1 heterocycles. The Morgan fingerprint density at radius 2 is 2.00 bits per heavy atom. The highest BCUT2D eigenvalue weighted by molar-refractivity contribution is 5.94. The lowest BCUT2D eigenvalue weighted by Gasteiger charge is -2.20. The number of carboxylic acid groups (broad SMARTS) is 1. The fourth-order valence-corrected chi connectivity index (χ4v) is 2.27. The summed E-state index contributed by atoms with van der Waals surface area (Å²) in [6.07, 6.45) is 0. The molecule has 0 aliphatic carbocycles. The van der Waals surface area contributed by atoms with Gasteiger partial charge in [-0.25, -0.2) is 4.79 Å². The fraction of sp³-hybridized carbons (Fsp3) is 0.286. The Labute approximate surface area is 112 Å². The van der Waals surface area contributed by atoms with Crippen molar-refractivity contribution in [1.82, 2.24) is 9.78 Å². The number of hydrogen-bond donors (Lipinski definition) is 1. The molecule has 5 nitrogen and oxygen atoms in total. The van der Waals surface area contributed by atoms with E-state index in [1.807, 2.05) is 42.3 Å². The molecular formula is C14H17N3O2. The summed E-state index contributed by atoms with van der Waals surface area (Å²) in [6, 6.07) is 9.92. The van der Waals surface area contributed by atoms with Gasteiger partial charge in [0.05, 0.1) is 5.69 Å². The number of aromatic carboxylic acids is 1. The Balaban J connectivity index is 2.34. The molecule has 1 aromatic heterocycles. The van der Waals surface area contributed by atoms with E-state index >= 15 is 0 Å².